The zero-order valence-corrected chi connectivity index (χ0v) is 10.6. The lowest BCUT2D eigenvalue weighted by atomic mass is 10.0. The molecule has 0 aromatic carbocycles. The van der Waals surface area contributed by atoms with Gasteiger partial charge in [-0.25, -0.2) is 4.98 Å². The summed E-state index contributed by atoms with van der Waals surface area (Å²) in [6, 6.07) is 4.08. The Kier molecular flexibility index (Phi) is 5.68. The normalized spacial score (nSPS) is 10.5. The van der Waals surface area contributed by atoms with Gasteiger partial charge in [0.1, 0.15) is 5.82 Å². The lowest BCUT2D eigenvalue weighted by Gasteiger charge is -2.14. The fourth-order valence-electron chi connectivity index (χ4n) is 1.66. The highest BCUT2D eigenvalue weighted by atomic mass is 15.0. The van der Waals surface area contributed by atoms with Gasteiger partial charge in [0.25, 0.3) is 0 Å². The van der Waals surface area contributed by atoms with Crippen LogP contribution in [0.3, 0.4) is 0 Å². The Bertz CT molecular complexity index is 295. The Labute approximate surface area is 98.7 Å². The first-order chi connectivity index (χ1) is 7.80. The third kappa shape index (κ3) is 4.09. The second kappa shape index (κ2) is 7.09. The van der Waals surface area contributed by atoms with Crippen molar-refractivity contribution in [3.05, 3.63) is 18.3 Å². The van der Waals surface area contributed by atoms with Crippen molar-refractivity contribution in [1.82, 2.24) is 4.98 Å². The summed E-state index contributed by atoms with van der Waals surface area (Å²) in [5.74, 6) is 1.70. The molecule has 16 heavy (non-hydrogen) atoms. The second-order valence-corrected chi connectivity index (χ2v) is 4.02. The van der Waals surface area contributed by atoms with E-state index in [-0.39, 0.29) is 0 Å². The van der Waals surface area contributed by atoms with Crippen LogP contribution in [0.2, 0.25) is 0 Å². The van der Waals surface area contributed by atoms with E-state index < -0.39 is 0 Å². The summed E-state index contributed by atoms with van der Waals surface area (Å²) in [6.45, 7) is 8.51. The van der Waals surface area contributed by atoms with Gasteiger partial charge in [-0.1, -0.05) is 26.7 Å². The van der Waals surface area contributed by atoms with E-state index >= 15 is 0 Å². The first-order valence-corrected chi connectivity index (χ1v) is 6.23. The van der Waals surface area contributed by atoms with Crippen LogP contribution in [0.5, 0.6) is 0 Å². The minimum atomic E-state index is 0.760. The van der Waals surface area contributed by atoms with Gasteiger partial charge < -0.3 is 10.6 Å². The summed E-state index contributed by atoms with van der Waals surface area (Å²) >= 11 is 0. The maximum absolute atomic E-state index is 4.25. The number of nitrogens with zero attached hydrogens (tertiary/aromatic N) is 1. The van der Waals surface area contributed by atoms with Crippen molar-refractivity contribution in [1.29, 1.82) is 0 Å². The molecule has 0 bridgehead atoms. The highest BCUT2D eigenvalue weighted by molar-refractivity contribution is 5.51. The molecule has 0 fully saturated rings. The molecule has 0 amide bonds. The first-order valence-electron chi connectivity index (χ1n) is 6.23. The van der Waals surface area contributed by atoms with Gasteiger partial charge in [0.05, 0.1) is 0 Å². The maximum Gasteiger partial charge on any atom is 0.127 e. The van der Waals surface area contributed by atoms with Gasteiger partial charge in [-0.2, -0.15) is 0 Å². The van der Waals surface area contributed by atoms with E-state index in [4.69, 9.17) is 0 Å². The highest BCUT2D eigenvalue weighted by Gasteiger charge is 2.03. The average molecular weight is 221 g/mol. The Balaban J connectivity index is 2.49. The fraction of sp³-hybridized carbons (Fsp3) is 0.615. The standard InChI is InChI=1S/C13H23N3/c1-4-11(5-2)10-16-12-7-8-15-13(9-12)14-6-3/h7-9,11H,4-6,10H2,1-3H3,(H2,14,15,16). The van der Waals surface area contributed by atoms with E-state index in [1.54, 1.807) is 0 Å². The number of rotatable bonds is 7. The monoisotopic (exact) mass is 221 g/mol. The third-order valence-electron chi connectivity index (χ3n) is 2.87. The predicted octanol–water partition coefficient (Wildman–Crippen LogP) is 3.36. The molecule has 0 spiro atoms. The molecule has 0 unspecified atom stereocenters. The van der Waals surface area contributed by atoms with Crippen LogP contribution in [-0.2, 0) is 0 Å². The molecule has 0 saturated heterocycles. The maximum atomic E-state index is 4.25. The van der Waals surface area contributed by atoms with Crippen molar-refractivity contribution in [2.24, 2.45) is 5.92 Å². The summed E-state index contributed by atoms with van der Waals surface area (Å²) in [5.41, 5.74) is 1.15. The Morgan fingerprint density at radius 3 is 2.56 bits per heavy atom. The van der Waals surface area contributed by atoms with E-state index in [1.165, 1.54) is 12.8 Å². The van der Waals surface area contributed by atoms with Crippen molar-refractivity contribution < 1.29 is 0 Å². The molecule has 1 rings (SSSR count). The first kappa shape index (κ1) is 12.8. The fourth-order valence-corrected chi connectivity index (χ4v) is 1.66. The van der Waals surface area contributed by atoms with Crippen LogP contribution in [0.4, 0.5) is 11.5 Å². The van der Waals surface area contributed by atoms with Gasteiger partial charge in [-0.3, -0.25) is 0 Å². The number of nitrogens with one attached hydrogen (secondary N) is 2. The largest absolute Gasteiger partial charge is 0.385 e. The van der Waals surface area contributed by atoms with Crippen LogP contribution >= 0.6 is 0 Å². The van der Waals surface area contributed by atoms with Gasteiger partial charge in [-0.15, -0.1) is 0 Å². The Morgan fingerprint density at radius 1 is 1.19 bits per heavy atom. The van der Waals surface area contributed by atoms with Gasteiger partial charge >= 0.3 is 0 Å². The van der Waals surface area contributed by atoms with E-state index in [1.807, 2.05) is 12.3 Å². The van der Waals surface area contributed by atoms with Gasteiger partial charge in [0.2, 0.25) is 0 Å². The van der Waals surface area contributed by atoms with Crippen molar-refractivity contribution in [3.63, 3.8) is 0 Å². The van der Waals surface area contributed by atoms with Gasteiger partial charge in [0, 0.05) is 31.0 Å². The van der Waals surface area contributed by atoms with Crippen LogP contribution in [-0.4, -0.2) is 18.1 Å². The van der Waals surface area contributed by atoms with E-state index in [2.05, 4.69) is 42.5 Å². The molecule has 2 N–H and O–H groups in total. The lowest BCUT2D eigenvalue weighted by molar-refractivity contribution is 0.519. The molecule has 3 heteroatoms. The molecular formula is C13H23N3. The zero-order chi connectivity index (χ0) is 11.8. The molecule has 3 nitrogen and oxygen atoms in total. The number of anilines is 2. The summed E-state index contributed by atoms with van der Waals surface area (Å²) < 4.78 is 0. The molecule has 1 aromatic rings. The lowest BCUT2D eigenvalue weighted by Crippen LogP contribution is -2.13. The van der Waals surface area contributed by atoms with Crippen LogP contribution in [0.1, 0.15) is 33.6 Å². The molecule has 0 radical (unpaired) electrons. The number of pyridine rings is 1. The summed E-state index contributed by atoms with van der Waals surface area (Å²) in [7, 11) is 0. The van der Waals surface area contributed by atoms with E-state index in [0.717, 1.165) is 30.5 Å². The Morgan fingerprint density at radius 2 is 1.94 bits per heavy atom. The minimum Gasteiger partial charge on any atom is -0.385 e. The smallest absolute Gasteiger partial charge is 0.127 e. The van der Waals surface area contributed by atoms with Gasteiger partial charge in [-0.05, 0) is 18.9 Å². The topological polar surface area (TPSA) is 37.0 Å². The molecule has 0 atom stereocenters. The highest BCUT2D eigenvalue weighted by Crippen LogP contribution is 2.14. The van der Waals surface area contributed by atoms with Crippen molar-refractivity contribution >= 4 is 11.5 Å². The molecular weight excluding hydrogens is 198 g/mol. The minimum absolute atomic E-state index is 0.760. The molecule has 0 aliphatic heterocycles. The van der Waals surface area contributed by atoms with Crippen molar-refractivity contribution in [2.75, 3.05) is 23.7 Å². The Hall–Kier alpha value is -1.25. The van der Waals surface area contributed by atoms with Crippen LogP contribution in [0.15, 0.2) is 18.3 Å². The summed E-state index contributed by atoms with van der Waals surface area (Å²) in [4.78, 5) is 4.25. The molecule has 1 heterocycles. The molecule has 0 saturated carbocycles. The van der Waals surface area contributed by atoms with Crippen molar-refractivity contribution in [3.8, 4) is 0 Å². The van der Waals surface area contributed by atoms with Crippen molar-refractivity contribution in [2.45, 2.75) is 33.6 Å². The van der Waals surface area contributed by atoms with Crippen LogP contribution in [0, 0.1) is 5.92 Å². The average Bonchev–Trinajstić information content (AvgIpc) is 2.31. The second-order valence-electron chi connectivity index (χ2n) is 4.02. The summed E-state index contributed by atoms with van der Waals surface area (Å²) in [5, 5.41) is 6.68. The quantitative estimate of drug-likeness (QED) is 0.741. The third-order valence-corrected chi connectivity index (χ3v) is 2.87. The van der Waals surface area contributed by atoms with Crippen LogP contribution in [0.25, 0.3) is 0 Å². The number of aromatic nitrogens is 1. The van der Waals surface area contributed by atoms with Crippen LogP contribution < -0.4 is 10.6 Å². The van der Waals surface area contributed by atoms with Gasteiger partial charge in [0.15, 0.2) is 0 Å². The van der Waals surface area contributed by atoms with E-state index in [9.17, 15) is 0 Å². The predicted molar refractivity (Wildman–Crippen MR) is 71.0 cm³/mol. The SMILES string of the molecule is CCNc1cc(NCC(CC)CC)ccn1. The zero-order valence-electron chi connectivity index (χ0n) is 10.6. The molecule has 0 aliphatic carbocycles. The summed E-state index contributed by atoms with van der Waals surface area (Å²) in [6.07, 6.45) is 4.30. The number of hydrogen-bond acceptors (Lipinski definition) is 3. The number of hydrogen-bond donors (Lipinski definition) is 2. The molecule has 1 aromatic heterocycles. The molecule has 90 valence electrons. The molecule has 0 aliphatic rings. The van der Waals surface area contributed by atoms with E-state index in [0.29, 0.717) is 0 Å².